The highest BCUT2D eigenvalue weighted by atomic mass is 16.4. The van der Waals surface area contributed by atoms with Gasteiger partial charge >= 0.3 is 5.97 Å². The number of rotatable bonds is 3. The molecule has 0 aliphatic heterocycles. The lowest BCUT2D eigenvalue weighted by molar-refractivity contribution is -0.136. The van der Waals surface area contributed by atoms with Crippen LogP contribution in [0.3, 0.4) is 0 Å². The van der Waals surface area contributed by atoms with Crippen LogP contribution in [0, 0.1) is 13.8 Å². The van der Waals surface area contributed by atoms with Gasteiger partial charge in [0.25, 0.3) is 0 Å². The van der Waals surface area contributed by atoms with Crippen LogP contribution >= 0.6 is 0 Å². The van der Waals surface area contributed by atoms with Crippen LogP contribution < -0.4 is 0 Å². The van der Waals surface area contributed by atoms with Crippen molar-refractivity contribution in [1.29, 1.82) is 0 Å². The summed E-state index contributed by atoms with van der Waals surface area (Å²) in [7, 11) is 0. The number of aliphatic carboxylic acids is 1. The van der Waals surface area contributed by atoms with Gasteiger partial charge in [-0.2, -0.15) is 0 Å². The predicted molar refractivity (Wildman–Crippen MR) is 74.4 cm³/mol. The van der Waals surface area contributed by atoms with Gasteiger partial charge in [0, 0.05) is 0 Å². The monoisotopic (exact) mass is 256 g/mol. The number of aromatic hydroxyl groups is 1. The lowest BCUT2D eigenvalue weighted by Gasteiger charge is -2.11. The first kappa shape index (κ1) is 13.1. The van der Waals surface area contributed by atoms with E-state index in [-0.39, 0.29) is 12.2 Å². The molecule has 0 saturated heterocycles. The average Bonchev–Trinajstić information content (AvgIpc) is 2.34. The molecule has 0 atom stereocenters. The van der Waals surface area contributed by atoms with Crippen LogP contribution in [0.4, 0.5) is 0 Å². The van der Waals surface area contributed by atoms with Crippen LogP contribution in [0.25, 0.3) is 11.1 Å². The van der Waals surface area contributed by atoms with E-state index in [1.165, 1.54) is 0 Å². The number of carboxylic acids is 1. The number of aryl methyl sites for hydroxylation is 2. The zero-order valence-corrected chi connectivity index (χ0v) is 11.0. The van der Waals surface area contributed by atoms with Gasteiger partial charge in [-0.25, -0.2) is 0 Å². The maximum absolute atomic E-state index is 10.8. The average molecular weight is 256 g/mol. The van der Waals surface area contributed by atoms with Gasteiger partial charge in [-0.15, -0.1) is 0 Å². The number of hydrogen-bond donors (Lipinski definition) is 2. The van der Waals surface area contributed by atoms with Crippen LogP contribution in [-0.2, 0) is 11.2 Å². The molecule has 0 spiro atoms. The molecule has 2 rings (SSSR count). The largest absolute Gasteiger partial charge is 0.508 e. The van der Waals surface area contributed by atoms with E-state index in [9.17, 15) is 9.90 Å². The van der Waals surface area contributed by atoms with Crippen molar-refractivity contribution in [3.63, 3.8) is 0 Å². The quantitative estimate of drug-likeness (QED) is 0.885. The van der Waals surface area contributed by atoms with Crippen molar-refractivity contribution in [3.05, 3.63) is 53.1 Å². The van der Waals surface area contributed by atoms with E-state index in [1.807, 2.05) is 38.1 Å². The Morgan fingerprint density at radius 3 is 2.26 bits per heavy atom. The second kappa shape index (κ2) is 5.14. The second-order valence-corrected chi connectivity index (χ2v) is 4.71. The molecular formula is C16H16O3. The Bertz CT molecular complexity index is 613. The van der Waals surface area contributed by atoms with Crippen LogP contribution in [0.5, 0.6) is 5.75 Å². The Morgan fingerprint density at radius 1 is 1.05 bits per heavy atom. The Morgan fingerprint density at radius 2 is 1.68 bits per heavy atom. The van der Waals surface area contributed by atoms with Gasteiger partial charge in [-0.3, -0.25) is 4.79 Å². The maximum atomic E-state index is 10.8. The third-order valence-electron chi connectivity index (χ3n) is 3.20. The summed E-state index contributed by atoms with van der Waals surface area (Å²) in [6.07, 6.45) is 0.0442. The van der Waals surface area contributed by atoms with Gasteiger partial charge in [0.15, 0.2) is 0 Å². The fourth-order valence-electron chi connectivity index (χ4n) is 2.18. The van der Waals surface area contributed by atoms with Crippen molar-refractivity contribution < 1.29 is 15.0 Å². The first-order chi connectivity index (χ1) is 8.97. The van der Waals surface area contributed by atoms with Crippen LogP contribution in [-0.4, -0.2) is 16.2 Å². The van der Waals surface area contributed by atoms with E-state index in [0.29, 0.717) is 0 Å². The minimum absolute atomic E-state index is 0.0442. The lowest BCUT2D eigenvalue weighted by atomic mass is 9.94. The third kappa shape index (κ3) is 2.94. The SMILES string of the molecule is Cc1cc(-c2ccc(O)cc2)c(C)cc1CC(=O)O. The van der Waals surface area contributed by atoms with E-state index in [4.69, 9.17) is 5.11 Å². The van der Waals surface area contributed by atoms with Gasteiger partial charge in [0.1, 0.15) is 5.75 Å². The molecule has 2 N–H and O–H groups in total. The number of carboxylic acid groups (broad SMARTS) is 1. The molecule has 3 heteroatoms. The predicted octanol–water partition coefficient (Wildman–Crippen LogP) is 3.30. The molecule has 2 aromatic carbocycles. The highest BCUT2D eigenvalue weighted by molar-refractivity contribution is 5.74. The Balaban J connectivity index is 2.45. The summed E-state index contributed by atoms with van der Waals surface area (Å²) in [5.74, 6) is -0.583. The first-order valence-electron chi connectivity index (χ1n) is 6.08. The molecule has 3 nitrogen and oxygen atoms in total. The van der Waals surface area contributed by atoms with Gasteiger partial charge in [-0.05, 0) is 53.8 Å². The fraction of sp³-hybridized carbons (Fsp3) is 0.188. The standard InChI is InChI=1S/C16H16O3/c1-10-8-15(12-3-5-14(17)6-4-12)11(2)7-13(10)9-16(18)19/h3-8,17H,9H2,1-2H3,(H,18,19). The van der Waals surface area contributed by atoms with E-state index in [1.54, 1.807) is 12.1 Å². The molecule has 2 aromatic rings. The van der Waals surface area contributed by atoms with Crippen LogP contribution in [0.1, 0.15) is 16.7 Å². The summed E-state index contributed by atoms with van der Waals surface area (Å²) >= 11 is 0. The summed E-state index contributed by atoms with van der Waals surface area (Å²) in [4.78, 5) is 10.8. The van der Waals surface area contributed by atoms with Gasteiger partial charge < -0.3 is 10.2 Å². The second-order valence-electron chi connectivity index (χ2n) is 4.71. The molecule has 0 aliphatic rings. The summed E-state index contributed by atoms with van der Waals surface area (Å²) in [5.41, 5.74) is 4.92. The van der Waals surface area contributed by atoms with Crippen molar-refractivity contribution in [2.75, 3.05) is 0 Å². The summed E-state index contributed by atoms with van der Waals surface area (Å²) < 4.78 is 0. The van der Waals surface area contributed by atoms with E-state index >= 15 is 0 Å². The topological polar surface area (TPSA) is 57.5 Å². The van der Waals surface area contributed by atoms with E-state index < -0.39 is 5.97 Å². The number of phenols is 1. The van der Waals surface area contributed by atoms with Crippen LogP contribution in [0.15, 0.2) is 36.4 Å². The van der Waals surface area contributed by atoms with Crippen molar-refractivity contribution in [2.45, 2.75) is 20.3 Å². The number of carbonyl (C=O) groups is 1. The molecule has 0 fully saturated rings. The summed E-state index contributed by atoms with van der Waals surface area (Å²) in [6.45, 7) is 3.88. The summed E-state index contributed by atoms with van der Waals surface area (Å²) in [6, 6.07) is 10.9. The molecule has 98 valence electrons. The zero-order valence-electron chi connectivity index (χ0n) is 11.0. The molecule has 0 bridgehead atoms. The smallest absolute Gasteiger partial charge is 0.307 e. The molecule has 0 aliphatic carbocycles. The number of phenolic OH excluding ortho intramolecular Hbond substituents is 1. The lowest BCUT2D eigenvalue weighted by Crippen LogP contribution is -2.03. The van der Waals surface area contributed by atoms with Gasteiger partial charge in [0.05, 0.1) is 6.42 Å². The minimum Gasteiger partial charge on any atom is -0.508 e. The van der Waals surface area contributed by atoms with Gasteiger partial charge in [0.2, 0.25) is 0 Å². The molecule has 0 radical (unpaired) electrons. The number of benzene rings is 2. The molecular weight excluding hydrogens is 240 g/mol. The van der Waals surface area contributed by atoms with Crippen molar-refractivity contribution >= 4 is 5.97 Å². The Hall–Kier alpha value is -2.29. The highest BCUT2D eigenvalue weighted by Gasteiger charge is 2.09. The first-order valence-corrected chi connectivity index (χ1v) is 6.08. The minimum atomic E-state index is -0.820. The van der Waals surface area contributed by atoms with E-state index in [0.717, 1.165) is 27.8 Å². The molecule has 0 aromatic heterocycles. The van der Waals surface area contributed by atoms with E-state index in [2.05, 4.69) is 0 Å². The summed E-state index contributed by atoms with van der Waals surface area (Å²) in [5, 5.41) is 18.2. The molecule has 0 heterocycles. The molecule has 0 saturated carbocycles. The number of hydrogen-bond acceptors (Lipinski definition) is 2. The maximum Gasteiger partial charge on any atom is 0.307 e. The van der Waals surface area contributed by atoms with Gasteiger partial charge in [-0.1, -0.05) is 24.3 Å². The van der Waals surface area contributed by atoms with Crippen molar-refractivity contribution in [2.24, 2.45) is 0 Å². The highest BCUT2D eigenvalue weighted by Crippen LogP contribution is 2.28. The fourth-order valence-corrected chi connectivity index (χ4v) is 2.18. The van der Waals surface area contributed by atoms with Crippen LogP contribution in [0.2, 0.25) is 0 Å². The zero-order chi connectivity index (χ0) is 14.0. The van der Waals surface area contributed by atoms with Crippen molar-refractivity contribution in [1.82, 2.24) is 0 Å². The third-order valence-corrected chi connectivity index (χ3v) is 3.20. The Kier molecular flexibility index (Phi) is 3.56. The Labute approximate surface area is 112 Å². The normalized spacial score (nSPS) is 10.4. The molecule has 0 unspecified atom stereocenters. The molecule has 19 heavy (non-hydrogen) atoms. The van der Waals surface area contributed by atoms with Crippen molar-refractivity contribution in [3.8, 4) is 16.9 Å². The molecule has 0 amide bonds.